The molecule has 1 unspecified atom stereocenters. The molecular formula is C14H22IN3O2S. The van der Waals surface area contributed by atoms with Crippen LogP contribution in [0, 0.1) is 3.57 Å². The number of aryl methyl sites for hydroxylation is 1. The normalized spacial score (nSPS) is 20.6. The summed E-state index contributed by atoms with van der Waals surface area (Å²) in [6, 6.07) is 0. The van der Waals surface area contributed by atoms with Crippen LogP contribution in [-0.4, -0.2) is 36.4 Å². The van der Waals surface area contributed by atoms with E-state index in [1.165, 1.54) is 0 Å². The van der Waals surface area contributed by atoms with Crippen LogP contribution < -0.4 is 5.32 Å². The highest BCUT2D eigenvalue weighted by Gasteiger charge is 2.31. The van der Waals surface area contributed by atoms with Crippen molar-refractivity contribution in [3.05, 3.63) is 15.1 Å². The Bertz CT molecular complexity index is 604. The molecule has 5 nitrogen and oxygen atoms in total. The van der Waals surface area contributed by atoms with E-state index in [4.69, 9.17) is 0 Å². The van der Waals surface area contributed by atoms with Crippen LogP contribution in [0.3, 0.4) is 0 Å². The fourth-order valence-corrected chi connectivity index (χ4v) is 4.90. The Hall–Kier alpha value is -0.440. The van der Waals surface area contributed by atoms with Crippen LogP contribution in [0.5, 0.6) is 0 Å². The number of aromatic nitrogens is 2. The molecule has 0 amide bonds. The van der Waals surface area contributed by atoms with Gasteiger partial charge in [-0.1, -0.05) is 20.3 Å². The lowest BCUT2D eigenvalue weighted by atomic mass is 10.1. The first-order valence-electron chi connectivity index (χ1n) is 7.47. The number of nitrogens with one attached hydrogen (secondary N) is 1. The highest BCUT2D eigenvalue weighted by molar-refractivity contribution is 14.1. The molecule has 0 radical (unpaired) electrons. The molecule has 1 aliphatic heterocycles. The summed E-state index contributed by atoms with van der Waals surface area (Å²) in [6.45, 7) is 5.09. The van der Waals surface area contributed by atoms with Crippen LogP contribution in [-0.2, 0) is 16.3 Å². The van der Waals surface area contributed by atoms with Gasteiger partial charge in [0, 0.05) is 12.5 Å². The smallest absolute Gasteiger partial charge is 0.151 e. The van der Waals surface area contributed by atoms with Crippen molar-refractivity contribution in [2.24, 2.45) is 0 Å². The van der Waals surface area contributed by atoms with E-state index >= 15 is 0 Å². The summed E-state index contributed by atoms with van der Waals surface area (Å²) in [4.78, 5) is 9.26. The second-order valence-corrected chi connectivity index (χ2v) is 8.78. The van der Waals surface area contributed by atoms with Crippen LogP contribution in [0.1, 0.15) is 50.5 Å². The zero-order chi connectivity index (χ0) is 15.5. The Morgan fingerprint density at radius 2 is 2.05 bits per heavy atom. The van der Waals surface area contributed by atoms with Crippen LogP contribution in [0.4, 0.5) is 5.82 Å². The molecule has 0 spiro atoms. The molecule has 1 fully saturated rings. The number of rotatable bonds is 6. The lowest BCUT2D eigenvalue weighted by Crippen LogP contribution is -2.14. The summed E-state index contributed by atoms with van der Waals surface area (Å²) in [5.41, 5.74) is 1.03. The molecular weight excluding hydrogens is 401 g/mol. The molecule has 0 aliphatic carbocycles. The monoisotopic (exact) mass is 423 g/mol. The van der Waals surface area contributed by atoms with Gasteiger partial charge in [0.05, 0.1) is 20.8 Å². The van der Waals surface area contributed by atoms with Gasteiger partial charge in [0.1, 0.15) is 11.6 Å². The Balaban J connectivity index is 2.34. The van der Waals surface area contributed by atoms with E-state index in [0.717, 1.165) is 40.9 Å². The second-order valence-electron chi connectivity index (χ2n) is 5.47. The first kappa shape index (κ1) is 16.9. The lowest BCUT2D eigenvalue weighted by molar-refractivity contribution is 0.601. The molecule has 1 N–H and O–H groups in total. The third-order valence-electron chi connectivity index (χ3n) is 3.56. The predicted octanol–water partition coefficient (Wildman–Crippen LogP) is 2.76. The summed E-state index contributed by atoms with van der Waals surface area (Å²) in [6.07, 6.45) is 3.58. The van der Waals surface area contributed by atoms with Crippen LogP contribution in [0.15, 0.2) is 0 Å². The lowest BCUT2D eigenvalue weighted by Gasteiger charge is -2.15. The standard InChI is InChI=1S/C14H22IN3O2S/c1-3-5-11-12(15)14(16-7-4-2)18-13(17-11)10-6-8-21(19,20)9-10/h10H,3-9H2,1-2H3,(H,16,17,18). The molecule has 0 bridgehead atoms. The minimum Gasteiger partial charge on any atom is -0.369 e. The number of hydrogen-bond donors (Lipinski definition) is 1. The van der Waals surface area contributed by atoms with Gasteiger partial charge in [-0.05, 0) is 41.9 Å². The average molecular weight is 423 g/mol. The number of sulfone groups is 1. The molecule has 21 heavy (non-hydrogen) atoms. The molecule has 2 rings (SSSR count). The van der Waals surface area contributed by atoms with Gasteiger partial charge < -0.3 is 5.32 Å². The quantitative estimate of drug-likeness (QED) is 0.713. The molecule has 2 heterocycles. The van der Waals surface area contributed by atoms with Gasteiger partial charge in [0.15, 0.2) is 9.84 Å². The van der Waals surface area contributed by atoms with E-state index in [2.05, 4.69) is 51.7 Å². The maximum atomic E-state index is 11.7. The van der Waals surface area contributed by atoms with E-state index < -0.39 is 9.84 Å². The Morgan fingerprint density at radius 1 is 1.29 bits per heavy atom. The average Bonchev–Trinajstić information content (AvgIpc) is 2.80. The maximum absolute atomic E-state index is 11.7. The molecule has 1 aliphatic rings. The fourth-order valence-electron chi connectivity index (χ4n) is 2.46. The van der Waals surface area contributed by atoms with E-state index in [1.54, 1.807) is 0 Å². The first-order chi connectivity index (χ1) is 9.96. The molecule has 1 aromatic heterocycles. The minimum atomic E-state index is -2.91. The summed E-state index contributed by atoms with van der Waals surface area (Å²) in [7, 11) is -2.91. The summed E-state index contributed by atoms with van der Waals surface area (Å²) in [5, 5.41) is 3.34. The minimum absolute atomic E-state index is 0.0511. The van der Waals surface area contributed by atoms with Crippen LogP contribution in [0.2, 0.25) is 0 Å². The van der Waals surface area contributed by atoms with Gasteiger partial charge in [-0.25, -0.2) is 18.4 Å². The van der Waals surface area contributed by atoms with Crippen LogP contribution in [0.25, 0.3) is 0 Å². The number of nitrogens with zero attached hydrogens (tertiary/aromatic N) is 2. The molecule has 1 saturated heterocycles. The van der Waals surface area contributed by atoms with E-state index in [1.807, 2.05) is 0 Å². The fraction of sp³-hybridized carbons (Fsp3) is 0.714. The summed E-state index contributed by atoms with van der Waals surface area (Å²) in [5.74, 6) is 1.94. The molecule has 118 valence electrons. The van der Waals surface area contributed by atoms with Crippen molar-refractivity contribution in [1.82, 2.24) is 9.97 Å². The van der Waals surface area contributed by atoms with Gasteiger partial charge >= 0.3 is 0 Å². The van der Waals surface area contributed by atoms with E-state index in [-0.39, 0.29) is 17.4 Å². The maximum Gasteiger partial charge on any atom is 0.151 e. The third kappa shape index (κ3) is 4.28. The molecule has 1 atom stereocenters. The third-order valence-corrected chi connectivity index (χ3v) is 6.47. The van der Waals surface area contributed by atoms with Crippen molar-refractivity contribution < 1.29 is 8.42 Å². The van der Waals surface area contributed by atoms with Gasteiger partial charge in [0.25, 0.3) is 0 Å². The van der Waals surface area contributed by atoms with Crippen molar-refractivity contribution in [1.29, 1.82) is 0 Å². The number of hydrogen-bond acceptors (Lipinski definition) is 5. The van der Waals surface area contributed by atoms with Gasteiger partial charge in [0.2, 0.25) is 0 Å². The van der Waals surface area contributed by atoms with Crippen LogP contribution >= 0.6 is 22.6 Å². The van der Waals surface area contributed by atoms with Gasteiger partial charge in [-0.2, -0.15) is 0 Å². The van der Waals surface area contributed by atoms with Crippen molar-refractivity contribution in [2.45, 2.75) is 45.4 Å². The Morgan fingerprint density at radius 3 is 2.62 bits per heavy atom. The first-order valence-corrected chi connectivity index (χ1v) is 10.4. The molecule has 0 saturated carbocycles. The molecule has 7 heteroatoms. The largest absolute Gasteiger partial charge is 0.369 e. The zero-order valence-corrected chi connectivity index (χ0v) is 15.5. The Kier molecular flexibility index (Phi) is 5.81. The van der Waals surface area contributed by atoms with Crippen molar-refractivity contribution in [3.8, 4) is 0 Å². The van der Waals surface area contributed by atoms with Crippen molar-refractivity contribution >= 4 is 38.2 Å². The van der Waals surface area contributed by atoms with E-state index in [0.29, 0.717) is 12.2 Å². The van der Waals surface area contributed by atoms with Crippen molar-refractivity contribution in [2.75, 3.05) is 23.4 Å². The number of halogens is 1. The number of anilines is 1. The second kappa shape index (κ2) is 7.21. The van der Waals surface area contributed by atoms with E-state index in [9.17, 15) is 8.42 Å². The highest BCUT2D eigenvalue weighted by Crippen LogP contribution is 2.29. The topological polar surface area (TPSA) is 72.0 Å². The van der Waals surface area contributed by atoms with Crippen molar-refractivity contribution in [3.63, 3.8) is 0 Å². The summed E-state index contributed by atoms with van der Waals surface area (Å²) >= 11 is 2.28. The molecule has 1 aromatic rings. The summed E-state index contributed by atoms with van der Waals surface area (Å²) < 4.78 is 24.4. The van der Waals surface area contributed by atoms with Gasteiger partial charge in [-0.3, -0.25) is 0 Å². The SMILES string of the molecule is CCCNc1nc(C2CCS(=O)(=O)C2)nc(CCC)c1I. The zero-order valence-electron chi connectivity index (χ0n) is 12.5. The molecule has 0 aromatic carbocycles. The predicted molar refractivity (Wildman–Crippen MR) is 93.5 cm³/mol. The highest BCUT2D eigenvalue weighted by atomic mass is 127. The Labute approximate surface area is 140 Å². The van der Waals surface area contributed by atoms with Gasteiger partial charge in [-0.15, -0.1) is 0 Å².